The molecule has 4 rings (SSSR count). The lowest BCUT2D eigenvalue weighted by molar-refractivity contribution is -0.0629. The molecular weight excluding hydrogens is 368 g/mol. The molecule has 1 aliphatic carbocycles. The van der Waals surface area contributed by atoms with Crippen LogP contribution in [0, 0.1) is 5.92 Å². The van der Waals surface area contributed by atoms with Gasteiger partial charge in [0.05, 0.1) is 5.92 Å². The van der Waals surface area contributed by atoms with Gasteiger partial charge in [0, 0.05) is 7.11 Å². The summed E-state index contributed by atoms with van der Waals surface area (Å²) in [5.41, 5.74) is 6.48. The summed E-state index contributed by atoms with van der Waals surface area (Å²) in [6.07, 6.45) is 2.00. The van der Waals surface area contributed by atoms with E-state index in [9.17, 15) is 0 Å². The fourth-order valence-electron chi connectivity index (χ4n) is 4.80. The molecule has 0 spiro atoms. The molecule has 30 heavy (non-hydrogen) atoms. The maximum Gasteiger partial charge on any atom is 0.210 e. The molecule has 0 saturated carbocycles. The molecule has 156 valence electrons. The summed E-state index contributed by atoms with van der Waals surface area (Å²) in [4.78, 5) is 0. The Labute approximate surface area is 180 Å². The van der Waals surface area contributed by atoms with Gasteiger partial charge in [0.1, 0.15) is 5.75 Å². The normalized spacial score (nSPS) is 15.0. The average molecular weight is 401 g/mol. The Hall–Kier alpha value is -2.58. The van der Waals surface area contributed by atoms with Gasteiger partial charge in [-0.1, -0.05) is 81.4 Å². The molecule has 0 heterocycles. The van der Waals surface area contributed by atoms with Crippen molar-refractivity contribution in [2.75, 3.05) is 7.11 Å². The summed E-state index contributed by atoms with van der Waals surface area (Å²) < 4.78 is 12.3. The highest BCUT2D eigenvalue weighted by Gasteiger charge is 2.35. The van der Waals surface area contributed by atoms with Crippen LogP contribution in [0.5, 0.6) is 5.75 Å². The van der Waals surface area contributed by atoms with Gasteiger partial charge in [0.15, 0.2) is 0 Å². The van der Waals surface area contributed by atoms with Crippen molar-refractivity contribution in [2.24, 2.45) is 5.92 Å². The number of benzene rings is 3. The predicted octanol–water partition coefficient (Wildman–Crippen LogP) is 7.39. The fourth-order valence-corrected chi connectivity index (χ4v) is 4.80. The van der Waals surface area contributed by atoms with E-state index in [0.717, 1.165) is 12.2 Å². The van der Waals surface area contributed by atoms with Crippen molar-refractivity contribution in [1.29, 1.82) is 0 Å². The number of fused-ring (bicyclic) bond motifs is 3. The number of ether oxygens (including phenoxy) is 2. The maximum atomic E-state index is 6.39. The summed E-state index contributed by atoms with van der Waals surface area (Å²) in [7, 11) is 1.73. The van der Waals surface area contributed by atoms with Crippen molar-refractivity contribution < 1.29 is 9.47 Å². The van der Waals surface area contributed by atoms with Crippen LogP contribution in [0.25, 0.3) is 11.1 Å². The molecule has 0 amide bonds. The highest BCUT2D eigenvalue weighted by Crippen LogP contribution is 2.47. The van der Waals surface area contributed by atoms with E-state index in [1.54, 1.807) is 7.11 Å². The minimum absolute atomic E-state index is 0.0615. The van der Waals surface area contributed by atoms with Crippen LogP contribution in [-0.2, 0) is 4.74 Å². The van der Waals surface area contributed by atoms with Crippen molar-refractivity contribution in [3.05, 3.63) is 89.5 Å². The van der Waals surface area contributed by atoms with E-state index in [2.05, 4.69) is 93.6 Å². The first-order chi connectivity index (χ1) is 14.6. The van der Waals surface area contributed by atoms with Gasteiger partial charge < -0.3 is 9.47 Å². The first kappa shape index (κ1) is 20.7. The molecule has 1 aliphatic rings. The van der Waals surface area contributed by atoms with Gasteiger partial charge in [-0.3, -0.25) is 0 Å². The number of methoxy groups -OCH3 is 1. The number of hydrogen-bond donors (Lipinski definition) is 0. The number of rotatable bonds is 8. The zero-order valence-electron chi connectivity index (χ0n) is 18.5. The van der Waals surface area contributed by atoms with Crippen LogP contribution in [0.2, 0.25) is 0 Å². The molecule has 0 fully saturated rings. The topological polar surface area (TPSA) is 18.5 Å². The van der Waals surface area contributed by atoms with Crippen molar-refractivity contribution in [3.8, 4) is 16.9 Å². The van der Waals surface area contributed by atoms with Gasteiger partial charge in [0.25, 0.3) is 0 Å². The SMILES string of the molecule is CCC(CC(C)C)c1ccc(OC(OC)C2c3ccccc3-c3ccccc32)cc1. The van der Waals surface area contributed by atoms with E-state index in [0.29, 0.717) is 11.8 Å². The molecule has 3 aromatic rings. The van der Waals surface area contributed by atoms with E-state index in [-0.39, 0.29) is 12.2 Å². The van der Waals surface area contributed by atoms with Crippen molar-refractivity contribution in [2.45, 2.75) is 51.7 Å². The van der Waals surface area contributed by atoms with Crippen molar-refractivity contribution in [3.63, 3.8) is 0 Å². The third-order valence-corrected chi connectivity index (χ3v) is 6.24. The van der Waals surface area contributed by atoms with Gasteiger partial charge in [-0.15, -0.1) is 0 Å². The van der Waals surface area contributed by atoms with E-state index >= 15 is 0 Å². The summed E-state index contributed by atoms with van der Waals surface area (Å²) in [6, 6.07) is 25.8. The van der Waals surface area contributed by atoms with Gasteiger partial charge in [-0.05, 0) is 64.6 Å². The molecule has 0 radical (unpaired) electrons. The Morgan fingerprint density at radius 2 is 1.37 bits per heavy atom. The molecule has 2 nitrogen and oxygen atoms in total. The first-order valence-corrected chi connectivity index (χ1v) is 11.1. The Bertz CT molecular complexity index is 928. The summed E-state index contributed by atoms with van der Waals surface area (Å²) in [5, 5.41) is 0. The smallest absolute Gasteiger partial charge is 0.210 e. The van der Waals surface area contributed by atoms with E-state index < -0.39 is 0 Å². The van der Waals surface area contributed by atoms with Crippen LogP contribution in [0.15, 0.2) is 72.8 Å². The highest BCUT2D eigenvalue weighted by molar-refractivity contribution is 5.78. The van der Waals surface area contributed by atoms with Crippen LogP contribution in [0.1, 0.15) is 62.1 Å². The standard InChI is InChI=1S/C28H32O2/c1-5-20(18-19(2)3)21-14-16-22(17-15-21)30-28(29-4)27-25-12-8-6-10-23(25)24-11-7-9-13-26(24)27/h6-17,19-20,27-28H,5,18H2,1-4H3. The fraction of sp³-hybridized carbons (Fsp3) is 0.357. The lowest BCUT2D eigenvalue weighted by atomic mass is 9.88. The second kappa shape index (κ2) is 9.06. The zero-order chi connectivity index (χ0) is 21.1. The van der Waals surface area contributed by atoms with Gasteiger partial charge in [-0.25, -0.2) is 0 Å². The molecule has 2 heteroatoms. The predicted molar refractivity (Wildman–Crippen MR) is 124 cm³/mol. The van der Waals surface area contributed by atoms with Crippen LogP contribution >= 0.6 is 0 Å². The van der Waals surface area contributed by atoms with E-state index in [1.807, 2.05) is 0 Å². The van der Waals surface area contributed by atoms with E-state index in [4.69, 9.17) is 9.47 Å². The summed E-state index contributed by atoms with van der Waals surface area (Å²) in [5.74, 6) is 2.22. The largest absolute Gasteiger partial charge is 0.464 e. The molecule has 0 aliphatic heterocycles. The lowest BCUT2D eigenvalue weighted by Gasteiger charge is -2.25. The molecule has 0 aromatic heterocycles. The lowest BCUT2D eigenvalue weighted by Crippen LogP contribution is -2.27. The second-order valence-electron chi connectivity index (χ2n) is 8.68. The Balaban J connectivity index is 1.58. The van der Waals surface area contributed by atoms with Crippen molar-refractivity contribution in [1.82, 2.24) is 0 Å². The van der Waals surface area contributed by atoms with Gasteiger partial charge >= 0.3 is 0 Å². The minimum Gasteiger partial charge on any atom is -0.464 e. The quantitative estimate of drug-likeness (QED) is 0.367. The Morgan fingerprint density at radius 3 is 1.87 bits per heavy atom. The average Bonchev–Trinajstić information content (AvgIpc) is 3.11. The molecule has 3 aromatic carbocycles. The van der Waals surface area contributed by atoms with Crippen LogP contribution in [0.4, 0.5) is 0 Å². The zero-order valence-corrected chi connectivity index (χ0v) is 18.5. The molecule has 0 bridgehead atoms. The Morgan fingerprint density at radius 1 is 0.800 bits per heavy atom. The third kappa shape index (κ3) is 4.02. The van der Waals surface area contributed by atoms with E-state index in [1.165, 1.54) is 34.2 Å². The first-order valence-electron chi connectivity index (χ1n) is 11.1. The number of hydrogen-bond acceptors (Lipinski definition) is 2. The monoisotopic (exact) mass is 400 g/mol. The van der Waals surface area contributed by atoms with Crippen LogP contribution in [-0.4, -0.2) is 13.4 Å². The second-order valence-corrected chi connectivity index (χ2v) is 8.68. The van der Waals surface area contributed by atoms with Crippen LogP contribution in [0.3, 0.4) is 0 Å². The molecule has 2 unspecified atom stereocenters. The molecule has 0 saturated heterocycles. The Kier molecular flexibility index (Phi) is 6.24. The third-order valence-electron chi connectivity index (χ3n) is 6.24. The van der Waals surface area contributed by atoms with Gasteiger partial charge in [-0.2, -0.15) is 0 Å². The molecule has 2 atom stereocenters. The molecular formula is C28H32O2. The summed E-state index contributed by atoms with van der Waals surface area (Å²) >= 11 is 0. The van der Waals surface area contributed by atoms with Crippen molar-refractivity contribution >= 4 is 0 Å². The van der Waals surface area contributed by atoms with Gasteiger partial charge in [0.2, 0.25) is 6.29 Å². The maximum absolute atomic E-state index is 6.39. The highest BCUT2D eigenvalue weighted by atomic mass is 16.7. The minimum atomic E-state index is -0.377. The van der Waals surface area contributed by atoms with Crippen LogP contribution < -0.4 is 4.74 Å². The molecule has 0 N–H and O–H groups in total. The summed E-state index contributed by atoms with van der Waals surface area (Å²) in [6.45, 7) is 6.86.